The third kappa shape index (κ3) is 4.06. The smallest absolute Gasteiger partial charge is 0.213 e. The summed E-state index contributed by atoms with van der Waals surface area (Å²) in [6.45, 7) is 2.01. The van der Waals surface area contributed by atoms with Gasteiger partial charge in [0.15, 0.2) is 0 Å². The molecule has 0 spiro atoms. The predicted octanol–water partition coefficient (Wildman–Crippen LogP) is 4.53. The van der Waals surface area contributed by atoms with Crippen LogP contribution in [0, 0.1) is 0 Å². The SMILES string of the molecule is c1ccc(-c2cc3c(NCc4ccnc(OC5CCOC5)c4)ncnc3s2)cc1. The van der Waals surface area contributed by atoms with Crippen LogP contribution in [-0.2, 0) is 11.3 Å². The molecule has 1 N–H and O–H groups in total. The van der Waals surface area contributed by atoms with Crippen LogP contribution < -0.4 is 10.1 Å². The first-order valence-corrected chi connectivity index (χ1v) is 10.4. The van der Waals surface area contributed by atoms with Crippen LogP contribution in [0.25, 0.3) is 20.7 Å². The van der Waals surface area contributed by atoms with Crippen LogP contribution in [0.1, 0.15) is 12.0 Å². The van der Waals surface area contributed by atoms with E-state index in [4.69, 9.17) is 9.47 Å². The Morgan fingerprint density at radius 3 is 2.90 bits per heavy atom. The quantitative estimate of drug-likeness (QED) is 0.509. The molecule has 29 heavy (non-hydrogen) atoms. The third-order valence-electron chi connectivity index (χ3n) is 4.82. The maximum atomic E-state index is 5.90. The average Bonchev–Trinajstić information content (AvgIpc) is 3.43. The number of nitrogens with zero attached hydrogens (tertiary/aromatic N) is 3. The lowest BCUT2D eigenvalue weighted by atomic mass is 10.2. The van der Waals surface area contributed by atoms with Crippen LogP contribution >= 0.6 is 11.3 Å². The van der Waals surface area contributed by atoms with Gasteiger partial charge in [-0.25, -0.2) is 15.0 Å². The summed E-state index contributed by atoms with van der Waals surface area (Å²) < 4.78 is 11.3. The van der Waals surface area contributed by atoms with Crippen molar-refractivity contribution in [2.45, 2.75) is 19.1 Å². The molecule has 4 heterocycles. The Labute approximate surface area is 172 Å². The van der Waals surface area contributed by atoms with Crippen molar-refractivity contribution in [1.82, 2.24) is 15.0 Å². The Balaban J connectivity index is 1.33. The van der Waals surface area contributed by atoms with Crippen LogP contribution in [0.4, 0.5) is 5.82 Å². The maximum Gasteiger partial charge on any atom is 0.213 e. The molecule has 1 aliphatic heterocycles. The Bertz CT molecular complexity index is 1110. The van der Waals surface area contributed by atoms with Gasteiger partial charge < -0.3 is 14.8 Å². The van der Waals surface area contributed by atoms with E-state index in [1.54, 1.807) is 23.9 Å². The molecule has 0 aliphatic carbocycles. The highest BCUT2D eigenvalue weighted by Gasteiger charge is 2.17. The molecule has 1 aliphatic rings. The molecule has 6 nitrogen and oxygen atoms in total. The van der Waals surface area contributed by atoms with E-state index in [0.717, 1.165) is 34.6 Å². The van der Waals surface area contributed by atoms with Gasteiger partial charge in [0, 0.05) is 30.1 Å². The van der Waals surface area contributed by atoms with Crippen LogP contribution in [0.15, 0.2) is 61.1 Å². The lowest BCUT2D eigenvalue weighted by Gasteiger charge is -2.12. The van der Waals surface area contributed by atoms with Crippen molar-refractivity contribution in [2.75, 3.05) is 18.5 Å². The topological polar surface area (TPSA) is 69.2 Å². The van der Waals surface area contributed by atoms with Gasteiger partial charge in [-0.1, -0.05) is 30.3 Å². The normalized spacial score (nSPS) is 16.2. The number of thiophene rings is 1. The lowest BCUT2D eigenvalue weighted by molar-refractivity contribution is 0.138. The van der Waals surface area contributed by atoms with Crippen LogP contribution in [-0.4, -0.2) is 34.3 Å². The van der Waals surface area contributed by atoms with E-state index >= 15 is 0 Å². The number of anilines is 1. The number of rotatable bonds is 6. The predicted molar refractivity (Wildman–Crippen MR) is 114 cm³/mol. The number of fused-ring (bicyclic) bond motifs is 1. The van der Waals surface area contributed by atoms with Gasteiger partial charge >= 0.3 is 0 Å². The second-order valence-electron chi connectivity index (χ2n) is 6.88. The highest BCUT2D eigenvalue weighted by molar-refractivity contribution is 7.21. The minimum Gasteiger partial charge on any atom is -0.472 e. The first-order chi connectivity index (χ1) is 14.3. The number of ether oxygens (including phenoxy) is 2. The van der Waals surface area contributed by atoms with Gasteiger partial charge in [0.2, 0.25) is 5.88 Å². The summed E-state index contributed by atoms with van der Waals surface area (Å²) >= 11 is 1.67. The Hall–Kier alpha value is -3.03. The minimum atomic E-state index is 0.0920. The average molecular weight is 404 g/mol. The Kier molecular flexibility index (Phi) is 5.06. The van der Waals surface area contributed by atoms with Crippen LogP contribution in [0.5, 0.6) is 5.88 Å². The molecule has 7 heteroatoms. The van der Waals surface area contributed by atoms with Gasteiger partial charge in [-0.3, -0.25) is 0 Å². The summed E-state index contributed by atoms with van der Waals surface area (Å²) in [5.74, 6) is 1.46. The van der Waals surface area contributed by atoms with Gasteiger partial charge in [0.05, 0.1) is 18.6 Å². The van der Waals surface area contributed by atoms with Crippen molar-refractivity contribution in [3.05, 3.63) is 66.6 Å². The largest absolute Gasteiger partial charge is 0.472 e. The molecule has 0 amide bonds. The van der Waals surface area contributed by atoms with E-state index < -0.39 is 0 Å². The fraction of sp³-hybridized carbons (Fsp3) is 0.227. The summed E-state index contributed by atoms with van der Waals surface area (Å²) in [5.41, 5.74) is 2.27. The molecule has 5 rings (SSSR count). The molecule has 3 aromatic heterocycles. The second kappa shape index (κ2) is 8.14. The monoisotopic (exact) mass is 404 g/mol. The van der Waals surface area contributed by atoms with Gasteiger partial charge in [-0.15, -0.1) is 11.3 Å². The van der Waals surface area contributed by atoms with Crippen molar-refractivity contribution < 1.29 is 9.47 Å². The molecule has 1 atom stereocenters. The fourth-order valence-electron chi connectivity index (χ4n) is 3.33. The maximum absolute atomic E-state index is 5.90. The second-order valence-corrected chi connectivity index (χ2v) is 7.91. The number of aromatic nitrogens is 3. The minimum absolute atomic E-state index is 0.0920. The van der Waals surface area contributed by atoms with Crippen molar-refractivity contribution in [2.24, 2.45) is 0 Å². The van der Waals surface area contributed by atoms with Crippen LogP contribution in [0.3, 0.4) is 0 Å². The molecule has 4 aromatic rings. The highest BCUT2D eigenvalue weighted by Crippen LogP contribution is 2.34. The zero-order chi connectivity index (χ0) is 19.5. The summed E-state index contributed by atoms with van der Waals surface area (Å²) in [6, 6.07) is 16.4. The Morgan fingerprint density at radius 1 is 1.10 bits per heavy atom. The van der Waals surface area contributed by atoms with Crippen molar-refractivity contribution >= 4 is 27.4 Å². The van der Waals surface area contributed by atoms with Crippen molar-refractivity contribution in [3.63, 3.8) is 0 Å². The number of hydrogen-bond donors (Lipinski definition) is 1. The molecule has 0 radical (unpaired) electrons. The summed E-state index contributed by atoms with van der Waals surface area (Å²) in [6.07, 6.45) is 4.38. The number of hydrogen-bond acceptors (Lipinski definition) is 7. The first-order valence-electron chi connectivity index (χ1n) is 9.58. The number of benzene rings is 1. The molecule has 146 valence electrons. The van der Waals surface area contributed by atoms with Gasteiger partial charge in [0.25, 0.3) is 0 Å². The van der Waals surface area contributed by atoms with Crippen LogP contribution in [0.2, 0.25) is 0 Å². The summed E-state index contributed by atoms with van der Waals surface area (Å²) in [7, 11) is 0. The lowest BCUT2D eigenvalue weighted by Crippen LogP contribution is -2.16. The summed E-state index contributed by atoms with van der Waals surface area (Å²) in [5, 5.41) is 4.47. The molecule has 0 bridgehead atoms. The van der Waals surface area contributed by atoms with Crippen molar-refractivity contribution in [1.29, 1.82) is 0 Å². The third-order valence-corrected chi connectivity index (χ3v) is 5.91. The van der Waals surface area contributed by atoms with E-state index in [1.165, 1.54) is 10.4 Å². The molecule has 1 fully saturated rings. The van der Waals surface area contributed by atoms with E-state index in [-0.39, 0.29) is 6.10 Å². The molecule has 1 saturated heterocycles. The van der Waals surface area contributed by atoms with Gasteiger partial charge in [0.1, 0.15) is 23.1 Å². The summed E-state index contributed by atoms with van der Waals surface area (Å²) in [4.78, 5) is 15.4. The van der Waals surface area contributed by atoms with Gasteiger partial charge in [-0.2, -0.15) is 0 Å². The van der Waals surface area contributed by atoms with Crippen molar-refractivity contribution in [3.8, 4) is 16.3 Å². The van der Waals surface area contributed by atoms with E-state index in [9.17, 15) is 0 Å². The zero-order valence-corrected chi connectivity index (χ0v) is 16.6. The highest BCUT2D eigenvalue weighted by atomic mass is 32.1. The van der Waals surface area contributed by atoms with Gasteiger partial charge in [-0.05, 0) is 23.3 Å². The number of pyridine rings is 1. The van der Waals surface area contributed by atoms with E-state index in [1.807, 2.05) is 30.3 Å². The standard InChI is InChI=1S/C22H20N4O2S/c1-2-4-16(5-3-1)19-11-18-21(25-14-26-22(18)29-19)24-12-15-6-8-23-20(10-15)28-17-7-9-27-13-17/h1-6,8,10-11,14,17H,7,9,12-13H2,(H,24,25,26). The van der Waals surface area contributed by atoms with E-state index in [0.29, 0.717) is 19.0 Å². The Morgan fingerprint density at radius 2 is 2.03 bits per heavy atom. The molecular formula is C22H20N4O2S. The molecule has 1 unspecified atom stereocenters. The zero-order valence-electron chi connectivity index (χ0n) is 15.7. The molecule has 1 aromatic carbocycles. The van der Waals surface area contributed by atoms with E-state index in [2.05, 4.69) is 38.5 Å². The first kappa shape index (κ1) is 18.0. The molecular weight excluding hydrogens is 384 g/mol. The molecule has 0 saturated carbocycles. The number of nitrogens with one attached hydrogen (secondary N) is 1. The fourth-order valence-corrected chi connectivity index (χ4v) is 4.33.